The van der Waals surface area contributed by atoms with Gasteiger partial charge in [-0.25, -0.2) is 4.79 Å². The minimum Gasteiger partial charge on any atom is -0.477 e. The third-order valence-electron chi connectivity index (χ3n) is 1.51. The van der Waals surface area contributed by atoms with Gasteiger partial charge in [-0.1, -0.05) is 23.2 Å². The van der Waals surface area contributed by atoms with Gasteiger partial charge in [0.25, 0.3) is 0 Å². The van der Waals surface area contributed by atoms with Crippen LogP contribution in [0.15, 0.2) is 23.2 Å². The van der Waals surface area contributed by atoms with E-state index in [9.17, 15) is 4.79 Å². The second-order valence-electron chi connectivity index (χ2n) is 2.58. The van der Waals surface area contributed by atoms with Gasteiger partial charge in [-0.2, -0.15) is 0 Å². The Labute approximate surface area is 90.7 Å². The molecule has 0 unspecified atom stereocenters. The summed E-state index contributed by atoms with van der Waals surface area (Å²) in [4.78, 5) is 10.4. The fraction of sp³-hybridized carbons (Fsp3) is 0. The number of aliphatic carboxylic acids is 1. The predicted octanol–water partition coefficient (Wildman–Crippen LogP) is 2.59. The van der Waals surface area contributed by atoms with E-state index >= 15 is 0 Å². The largest absolute Gasteiger partial charge is 0.477 e. The number of carbonyl (C=O) groups is 1. The Bertz CT molecular complexity index is 402. The molecule has 0 radical (unpaired) electrons. The molecule has 0 heterocycles. The second kappa shape index (κ2) is 4.35. The number of nitrogens with two attached hydrogens (primary N) is 1. The minimum absolute atomic E-state index is 0.308. The second-order valence-corrected chi connectivity index (χ2v) is 3.39. The van der Waals surface area contributed by atoms with Crippen molar-refractivity contribution in [3.63, 3.8) is 0 Å². The lowest BCUT2D eigenvalue weighted by atomic mass is 10.2. The van der Waals surface area contributed by atoms with Gasteiger partial charge in [0.1, 0.15) is 5.03 Å². The zero-order valence-electron chi connectivity index (χ0n) is 7.00. The lowest BCUT2D eigenvalue weighted by Crippen LogP contribution is -1.94. The molecule has 0 saturated heterocycles. The van der Waals surface area contributed by atoms with Crippen molar-refractivity contribution in [2.24, 2.45) is 0 Å². The van der Waals surface area contributed by atoms with Gasteiger partial charge in [-0.15, -0.1) is 0 Å². The van der Waals surface area contributed by atoms with Crippen LogP contribution in [0.5, 0.6) is 0 Å². The molecular weight excluding hydrogens is 225 g/mol. The van der Waals surface area contributed by atoms with Gasteiger partial charge < -0.3 is 10.8 Å². The summed E-state index contributed by atoms with van der Waals surface area (Å²) >= 11 is 11.2. The summed E-state index contributed by atoms with van der Waals surface area (Å²) < 4.78 is 0. The molecule has 0 fully saturated rings. The number of anilines is 1. The van der Waals surface area contributed by atoms with Crippen molar-refractivity contribution >= 4 is 40.9 Å². The molecule has 1 rings (SSSR count). The summed E-state index contributed by atoms with van der Waals surface area (Å²) in [6.07, 6.45) is 1.25. The number of hydrogen-bond acceptors (Lipinski definition) is 2. The first-order valence-electron chi connectivity index (χ1n) is 3.66. The number of nitrogen functional groups attached to an aromatic ring is 1. The van der Waals surface area contributed by atoms with Crippen molar-refractivity contribution in [1.82, 2.24) is 0 Å². The highest BCUT2D eigenvalue weighted by Gasteiger charge is 2.05. The summed E-state index contributed by atoms with van der Waals surface area (Å²) in [6.45, 7) is 0. The highest BCUT2D eigenvalue weighted by Crippen LogP contribution is 2.22. The minimum atomic E-state index is -1.20. The molecular formula is C9H7Cl2NO2. The molecule has 74 valence electrons. The smallest absolute Gasteiger partial charge is 0.347 e. The number of halogens is 2. The Morgan fingerprint density at radius 2 is 2.14 bits per heavy atom. The highest BCUT2D eigenvalue weighted by atomic mass is 35.5. The topological polar surface area (TPSA) is 63.3 Å². The van der Waals surface area contributed by atoms with Crippen LogP contribution in [0.3, 0.4) is 0 Å². The molecule has 0 amide bonds. The summed E-state index contributed by atoms with van der Waals surface area (Å²) in [6, 6.07) is 4.75. The summed E-state index contributed by atoms with van der Waals surface area (Å²) in [7, 11) is 0. The van der Waals surface area contributed by atoms with E-state index < -0.39 is 5.97 Å². The van der Waals surface area contributed by atoms with Crippen LogP contribution in [-0.2, 0) is 4.79 Å². The van der Waals surface area contributed by atoms with Crippen molar-refractivity contribution in [2.75, 3.05) is 5.73 Å². The van der Waals surface area contributed by atoms with Gasteiger partial charge in [0.2, 0.25) is 0 Å². The summed E-state index contributed by atoms with van der Waals surface area (Å²) in [5.74, 6) is -1.20. The van der Waals surface area contributed by atoms with Crippen LogP contribution in [0.4, 0.5) is 5.69 Å². The standard InChI is InChI=1S/C9H7Cl2NO2/c10-7-2-1-6(12)3-5(7)4-8(11)9(13)14/h1-4H,12H2,(H,13,14). The van der Waals surface area contributed by atoms with E-state index in [1.807, 2.05) is 0 Å². The molecule has 0 aromatic heterocycles. The molecule has 1 aromatic rings. The van der Waals surface area contributed by atoms with Crippen LogP contribution in [0.25, 0.3) is 6.08 Å². The van der Waals surface area contributed by atoms with Crippen LogP contribution >= 0.6 is 23.2 Å². The average molecular weight is 232 g/mol. The van der Waals surface area contributed by atoms with Crippen molar-refractivity contribution < 1.29 is 9.90 Å². The number of rotatable bonds is 2. The predicted molar refractivity (Wildman–Crippen MR) is 57.3 cm³/mol. The molecule has 5 heteroatoms. The highest BCUT2D eigenvalue weighted by molar-refractivity contribution is 6.43. The molecule has 0 bridgehead atoms. The molecule has 0 aliphatic carbocycles. The van der Waals surface area contributed by atoms with Gasteiger partial charge in [0.05, 0.1) is 0 Å². The van der Waals surface area contributed by atoms with Crippen LogP contribution in [0.2, 0.25) is 5.02 Å². The van der Waals surface area contributed by atoms with Crippen molar-refractivity contribution in [3.8, 4) is 0 Å². The lowest BCUT2D eigenvalue weighted by molar-refractivity contribution is -0.131. The first-order chi connectivity index (χ1) is 6.50. The quantitative estimate of drug-likeness (QED) is 0.608. The molecule has 0 aliphatic rings. The molecule has 0 aliphatic heterocycles. The van der Waals surface area contributed by atoms with E-state index in [2.05, 4.69) is 0 Å². The maximum absolute atomic E-state index is 10.4. The Morgan fingerprint density at radius 1 is 1.50 bits per heavy atom. The fourth-order valence-corrected chi connectivity index (χ4v) is 1.16. The van der Waals surface area contributed by atoms with Gasteiger partial charge >= 0.3 is 5.97 Å². The molecule has 3 nitrogen and oxygen atoms in total. The van der Waals surface area contributed by atoms with Gasteiger partial charge in [0, 0.05) is 10.7 Å². The van der Waals surface area contributed by atoms with E-state index in [4.69, 9.17) is 34.0 Å². The molecule has 1 aromatic carbocycles. The first kappa shape index (κ1) is 10.9. The van der Waals surface area contributed by atoms with Crippen molar-refractivity contribution in [3.05, 3.63) is 33.8 Å². The maximum atomic E-state index is 10.4. The molecule has 3 N–H and O–H groups in total. The number of benzene rings is 1. The number of carboxylic acids is 1. The van der Waals surface area contributed by atoms with E-state index in [-0.39, 0.29) is 5.03 Å². The number of hydrogen-bond donors (Lipinski definition) is 2. The van der Waals surface area contributed by atoms with E-state index in [1.165, 1.54) is 6.08 Å². The zero-order chi connectivity index (χ0) is 10.7. The first-order valence-corrected chi connectivity index (χ1v) is 4.42. The SMILES string of the molecule is Nc1ccc(Cl)c(C=C(Cl)C(=O)O)c1. The fourth-order valence-electron chi connectivity index (χ4n) is 0.871. The molecule has 14 heavy (non-hydrogen) atoms. The van der Waals surface area contributed by atoms with Gasteiger partial charge in [-0.3, -0.25) is 0 Å². The van der Waals surface area contributed by atoms with Crippen LogP contribution in [0, 0.1) is 0 Å². The zero-order valence-corrected chi connectivity index (χ0v) is 8.51. The monoisotopic (exact) mass is 231 g/mol. The Morgan fingerprint density at radius 3 is 2.71 bits per heavy atom. The lowest BCUT2D eigenvalue weighted by Gasteiger charge is -2.00. The third kappa shape index (κ3) is 2.65. The summed E-state index contributed by atoms with van der Waals surface area (Å²) in [5, 5.41) is 8.62. The van der Waals surface area contributed by atoms with Crippen LogP contribution in [0.1, 0.15) is 5.56 Å². The van der Waals surface area contributed by atoms with Crippen molar-refractivity contribution in [1.29, 1.82) is 0 Å². The Balaban J connectivity index is 3.13. The summed E-state index contributed by atoms with van der Waals surface area (Å²) in [5.41, 5.74) is 6.48. The number of carboxylic acid groups (broad SMARTS) is 1. The Kier molecular flexibility index (Phi) is 3.38. The Hall–Kier alpha value is -1.19. The molecule has 0 saturated carbocycles. The van der Waals surface area contributed by atoms with E-state index in [0.717, 1.165) is 0 Å². The van der Waals surface area contributed by atoms with Crippen LogP contribution in [-0.4, -0.2) is 11.1 Å². The van der Waals surface area contributed by atoms with Gasteiger partial charge in [-0.05, 0) is 29.8 Å². The van der Waals surface area contributed by atoms with E-state index in [1.54, 1.807) is 18.2 Å². The maximum Gasteiger partial charge on any atom is 0.347 e. The average Bonchev–Trinajstić information content (AvgIpc) is 2.11. The van der Waals surface area contributed by atoms with Gasteiger partial charge in [0.15, 0.2) is 0 Å². The normalized spacial score (nSPS) is 11.4. The molecule has 0 spiro atoms. The molecule has 0 atom stereocenters. The van der Waals surface area contributed by atoms with Crippen LogP contribution < -0.4 is 5.73 Å². The van der Waals surface area contributed by atoms with E-state index in [0.29, 0.717) is 16.3 Å². The van der Waals surface area contributed by atoms with Crippen molar-refractivity contribution in [2.45, 2.75) is 0 Å². The third-order valence-corrected chi connectivity index (χ3v) is 2.12.